The minimum absolute atomic E-state index is 0.0864. The lowest BCUT2D eigenvalue weighted by Gasteiger charge is -2.41. The number of imidazole rings is 1. The molecule has 0 saturated carbocycles. The number of ether oxygens (including phenoxy) is 2. The molecule has 0 aromatic heterocycles. The van der Waals surface area contributed by atoms with Crippen molar-refractivity contribution < 1.29 is 35.0 Å². The van der Waals surface area contributed by atoms with Gasteiger partial charge in [0.25, 0.3) is 0 Å². The van der Waals surface area contributed by atoms with Gasteiger partial charge in [0.1, 0.15) is 48.6 Å². The van der Waals surface area contributed by atoms with Gasteiger partial charge in [-0.05, 0) is 12.1 Å². The number of anilines is 1. The summed E-state index contributed by atoms with van der Waals surface area (Å²) in [6.45, 7) is -0.220. The second-order valence-corrected chi connectivity index (χ2v) is 7.12. The van der Waals surface area contributed by atoms with Crippen LogP contribution >= 0.6 is 0 Å². The van der Waals surface area contributed by atoms with Crippen LogP contribution in [0.2, 0.25) is 0 Å². The molecule has 12 nitrogen and oxygen atoms in total. The van der Waals surface area contributed by atoms with E-state index in [0.717, 1.165) is 5.56 Å². The van der Waals surface area contributed by atoms with E-state index in [0.29, 0.717) is 29.6 Å². The van der Waals surface area contributed by atoms with Gasteiger partial charge >= 0.3 is 0 Å². The Morgan fingerprint density at radius 2 is 1.94 bits per heavy atom. The third-order valence-electron chi connectivity index (χ3n) is 5.22. The van der Waals surface area contributed by atoms with Gasteiger partial charge < -0.3 is 40.3 Å². The first-order valence-corrected chi connectivity index (χ1v) is 9.52. The van der Waals surface area contributed by atoms with Crippen molar-refractivity contribution in [3.8, 4) is 23.0 Å². The molecule has 0 radical (unpaired) electrons. The van der Waals surface area contributed by atoms with Crippen LogP contribution in [0.25, 0.3) is 11.5 Å². The summed E-state index contributed by atoms with van der Waals surface area (Å²) >= 11 is 0. The summed E-state index contributed by atoms with van der Waals surface area (Å²) in [7, 11) is 1.50. The average molecular weight is 433 g/mol. The van der Waals surface area contributed by atoms with Gasteiger partial charge in [-0.3, -0.25) is 4.57 Å². The maximum Gasteiger partial charge on any atom is 0.167 e. The van der Waals surface area contributed by atoms with Crippen molar-refractivity contribution in [1.82, 2.24) is 19.5 Å². The number of hydrogen-bond donors (Lipinski definition) is 6. The van der Waals surface area contributed by atoms with E-state index in [4.69, 9.17) is 9.47 Å². The molecule has 1 aromatic rings. The number of aromatic hydroxyl groups is 1. The largest absolute Gasteiger partial charge is 0.508 e. The number of rotatable bonds is 6. The number of nitrogens with zero attached hydrogens (tertiary/aromatic N) is 4. The highest BCUT2D eigenvalue weighted by atomic mass is 16.6. The minimum atomic E-state index is -1.53. The lowest BCUT2D eigenvalue weighted by Crippen LogP contribution is -2.56. The van der Waals surface area contributed by atoms with Gasteiger partial charge in [0.15, 0.2) is 23.6 Å². The van der Waals surface area contributed by atoms with Gasteiger partial charge in [-0.1, -0.05) is 0 Å². The number of benzene rings is 1. The molecule has 166 valence electrons. The van der Waals surface area contributed by atoms with Crippen molar-refractivity contribution in [2.45, 2.75) is 37.2 Å². The van der Waals surface area contributed by atoms with Gasteiger partial charge in [0.05, 0.1) is 13.7 Å². The van der Waals surface area contributed by atoms with Crippen LogP contribution in [-0.2, 0) is 11.3 Å². The van der Waals surface area contributed by atoms with E-state index in [1.54, 1.807) is 12.1 Å². The number of hydrogen-bond acceptors (Lipinski definition) is 11. The molecule has 0 bridgehead atoms. The van der Waals surface area contributed by atoms with E-state index >= 15 is 0 Å². The number of phenolic OH excluding ortho intramolecular Hbond substituents is 1. The first-order chi connectivity index (χ1) is 14.9. The fourth-order valence-corrected chi connectivity index (χ4v) is 3.54. The van der Waals surface area contributed by atoms with Crippen LogP contribution in [0, 0.1) is 0 Å². The Kier molecular flexibility index (Phi) is 5.89. The van der Waals surface area contributed by atoms with E-state index < -0.39 is 37.3 Å². The van der Waals surface area contributed by atoms with Crippen molar-refractivity contribution in [3.05, 3.63) is 36.4 Å². The fourth-order valence-electron chi connectivity index (χ4n) is 3.54. The van der Waals surface area contributed by atoms with Crippen LogP contribution in [0.3, 0.4) is 0 Å². The molecular weight excluding hydrogens is 410 g/mol. The zero-order valence-corrected chi connectivity index (χ0v) is 16.5. The molecule has 1 saturated heterocycles. The van der Waals surface area contributed by atoms with Gasteiger partial charge in [-0.2, -0.15) is 0 Å². The van der Waals surface area contributed by atoms with Crippen LogP contribution in [0.15, 0.2) is 30.9 Å². The fraction of sp³-hybridized carbons (Fsp3) is 0.421. The summed E-state index contributed by atoms with van der Waals surface area (Å²) in [6.07, 6.45) is -4.00. The van der Waals surface area contributed by atoms with E-state index in [1.807, 2.05) is 0 Å². The number of phenols is 1. The zero-order valence-electron chi connectivity index (χ0n) is 16.5. The molecule has 1 aromatic carbocycles. The quantitative estimate of drug-likeness (QED) is 0.283. The average Bonchev–Trinajstić information content (AvgIpc) is 3.27. The molecule has 1 fully saturated rings. The first-order valence-electron chi connectivity index (χ1n) is 9.52. The summed E-state index contributed by atoms with van der Waals surface area (Å²) in [4.78, 5) is 12.7. The Balaban J connectivity index is 1.60. The standard InChI is InChI=1S/C19H23N5O7/c1-30-11-4-10(26)3-2-9(11)5-20-17-13-18(22-7-21-13)24(8-23-17)19-16(29)15(28)14(27)12(6-25)31-19/h2-4,7-8,12,14-16,19-20,25-29H,5-6H2,1H3/t12-,14-,15+,16-,19?/m1/s1. The number of aliphatic hydroxyl groups excluding tert-OH is 4. The molecule has 6 N–H and O–H groups in total. The molecule has 12 heteroatoms. The molecule has 3 aliphatic heterocycles. The normalized spacial score (nSPS) is 26.2. The molecule has 3 aliphatic rings. The lowest BCUT2D eigenvalue weighted by atomic mass is 9.98. The van der Waals surface area contributed by atoms with E-state index in [-0.39, 0.29) is 5.75 Å². The molecule has 0 amide bonds. The molecular formula is C19H23N5O7. The van der Waals surface area contributed by atoms with Crippen LogP contribution < -0.4 is 10.1 Å². The van der Waals surface area contributed by atoms with Crippen molar-refractivity contribution in [1.29, 1.82) is 0 Å². The van der Waals surface area contributed by atoms with Crippen LogP contribution in [0.5, 0.6) is 11.5 Å². The number of methoxy groups -OCH3 is 1. The Labute approximate surface area is 176 Å². The third kappa shape index (κ3) is 3.86. The van der Waals surface area contributed by atoms with E-state index in [9.17, 15) is 25.5 Å². The predicted octanol–water partition coefficient (Wildman–Crippen LogP) is -0.923. The predicted molar refractivity (Wildman–Crippen MR) is 105 cm³/mol. The smallest absolute Gasteiger partial charge is 0.167 e. The van der Waals surface area contributed by atoms with Crippen molar-refractivity contribution in [2.24, 2.45) is 0 Å². The molecule has 5 atom stereocenters. The Bertz CT molecular complexity index is 1010. The number of nitrogens with one attached hydrogen (secondary N) is 1. The SMILES string of the molecule is COc1cc(O)ccc1CNc1ncn(C2O[C@H](CO)[C@@H](O)[C@H](O)[C@H]2O)c2ncnc1-2. The second-order valence-electron chi connectivity index (χ2n) is 7.12. The Hall–Kier alpha value is -3.03. The number of fused-ring (bicyclic) bond motifs is 1. The molecule has 4 rings (SSSR count). The van der Waals surface area contributed by atoms with E-state index in [1.165, 1.54) is 30.4 Å². The van der Waals surface area contributed by atoms with Crippen LogP contribution in [-0.4, -0.2) is 83.2 Å². The van der Waals surface area contributed by atoms with E-state index in [2.05, 4.69) is 20.3 Å². The monoisotopic (exact) mass is 433 g/mol. The Morgan fingerprint density at radius 3 is 2.68 bits per heavy atom. The van der Waals surface area contributed by atoms with Crippen LogP contribution in [0.4, 0.5) is 5.82 Å². The van der Waals surface area contributed by atoms with Gasteiger partial charge in [-0.15, -0.1) is 0 Å². The summed E-state index contributed by atoms with van der Waals surface area (Å²) in [5, 5.41) is 52.6. The summed E-state index contributed by atoms with van der Waals surface area (Å²) in [6, 6.07) is 4.76. The summed E-state index contributed by atoms with van der Waals surface area (Å²) < 4.78 is 12.3. The first kappa shape index (κ1) is 21.2. The van der Waals surface area contributed by atoms with Gasteiger partial charge in [0, 0.05) is 18.2 Å². The maximum atomic E-state index is 10.4. The third-order valence-corrected chi connectivity index (χ3v) is 5.22. The Morgan fingerprint density at radius 1 is 1.13 bits per heavy atom. The highest BCUT2D eigenvalue weighted by molar-refractivity contribution is 5.67. The molecule has 0 spiro atoms. The summed E-state index contributed by atoms with van der Waals surface area (Å²) in [5.74, 6) is 1.32. The topological polar surface area (TPSA) is 175 Å². The molecule has 31 heavy (non-hydrogen) atoms. The minimum Gasteiger partial charge on any atom is -0.508 e. The molecule has 1 unspecified atom stereocenters. The van der Waals surface area contributed by atoms with Crippen molar-refractivity contribution in [2.75, 3.05) is 19.0 Å². The molecule has 0 aliphatic carbocycles. The number of aromatic nitrogens is 4. The lowest BCUT2D eigenvalue weighted by molar-refractivity contribution is -0.251. The van der Waals surface area contributed by atoms with Gasteiger partial charge in [-0.25, -0.2) is 15.0 Å². The number of aliphatic hydroxyl groups is 4. The van der Waals surface area contributed by atoms with Crippen molar-refractivity contribution in [3.63, 3.8) is 0 Å². The zero-order chi connectivity index (χ0) is 22.1. The maximum absolute atomic E-state index is 10.4. The van der Waals surface area contributed by atoms with Gasteiger partial charge in [0.2, 0.25) is 0 Å². The second kappa shape index (κ2) is 8.61. The van der Waals surface area contributed by atoms with Crippen LogP contribution in [0.1, 0.15) is 11.8 Å². The summed E-state index contributed by atoms with van der Waals surface area (Å²) in [5.41, 5.74) is 1.16. The molecule has 3 heterocycles. The highest BCUT2D eigenvalue weighted by Crippen LogP contribution is 2.34. The highest BCUT2D eigenvalue weighted by Gasteiger charge is 2.45. The van der Waals surface area contributed by atoms with Crippen molar-refractivity contribution >= 4 is 5.82 Å².